The quantitative estimate of drug-likeness (QED) is 0.792. The van der Waals surface area contributed by atoms with Crippen molar-refractivity contribution in [2.75, 3.05) is 12.4 Å². The Balaban J connectivity index is 1.67. The number of benzene rings is 2. The number of hydrogen-bond acceptors (Lipinski definition) is 4. The minimum Gasteiger partial charge on any atom is -0.493 e. The van der Waals surface area contributed by atoms with Gasteiger partial charge in [0.05, 0.1) is 11.5 Å². The highest BCUT2D eigenvalue weighted by molar-refractivity contribution is 8.13. The molecule has 21 heavy (non-hydrogen) atoms. The normalized spacial score (nSPS) is 17.5. The third kappa shape index (κ3) is 3.36. The first-order valence-electron chi connectivity index (χ1n) is 6.43. The minimum absolute atomic E-state index is 0.0817. The third-order valence-electron chi connectivity index (χ3n) is 3.36. The van der Waals surface area contributed by atoms with Gasteiger partial charge in [0.1, 0.15) is 5.75 Å². The lowest BCUT2D eigenvalue weighted by Gasteiger charge is -2.12. The van der Waals surface area contributed by atoms with Gasteiger partial charge in [-0.25, -0.2) is 8.42 Å². The van der Waals surface area contributed by atoms with Gasteiger partial charge in [0, 0.05) is 27.2 Å². The maximum absolute atomic E-state index is 11.2. The molecule has 0 saturated heterocycles. The van der Waals surface area contributed by atoms with Crippen LogP contribution in [0.3, 0.4) is 0 Å². The Labute approximate surface area is 132 Å². The lowest BCUT2D eigenvalue weighted by atomic mass is 10.0. The van der Waals surface area contributed by atoms with E-state index in [-0.39, 0.29) is 4.90 Å². The molecule has 0 aliphatic carbocycles. The molecule has 2 aromatic carbocycles. The zero-order valence-corrected chi connectivity index (χ0v) is 13.4. The third-order valence-corrected chi connectivity index (χ3v) is 5.98. The van der Waals surface area contributed by atoms with Gasteiger partial charge in [0.15, 0.2) is 0 Å². The Morgan fingerprint density at radius 2 is 1.86 bits per heavy atom. The van der Waals surface area contributed by atoms with Crippen LogP contribution in [0.4, 0.5) is 0 Å². The Hall–Kier alpha value is -1.17. The maximum atomic E-state index is 11.2. The molecule has 1 heterocycles. The molecule has 0 radical (unpaired) electrons. The van der Waals surface area contributed by atoms with Crippen molar-refractivity contribution in [1.29, 1.82) is 0 Å². The summed E-state index contributed by atoms with van der Waals surface area (Å²) >= 11 is 1.84. The monoisotopic (exact) mass is 340 g/mol. The summed E-state index contributed by atoms with van der Waals surface area (Å²) < 4.78 is 28.1. The molecule has 3 rings (SSSR count). The van der Waals surface area contributed by atoms with E-state index in [1.165, 1.54) is 22.6 Å². The maximum Gasteiger partial charge on any atom is 0.261 e. The topological polar surface area (TPSA) is 43.4 Å². The standard InChI is InChI=1S/C15H13ClO3S2/c16-21(17,18)13-7-5-12(6-8-13)19-9-11-10-20-15-4-2-1-3-14(11)15/h1-8,11H,9-10H2. The van der Waals surface area contributed by atoms with E-state index >= 15 is 0 Å². The predicted molar refractivity (Wildman–Crippen MR) is 84.9 cm³/mol. The second-order valence-electron chi connectivity index (χ2n) is 4.77. The summed E-state index contributed by atoms with van der Waals surface area (Å²) in [7, 11) is 1.60. The summed E-state index contributed by atoms with van der Waals surface area (Å²) in [4.78, 5) is 1.40. The first-order chi connectivity index (χ1) is 10.0. The largest absolute Gasteiger partial charge is 0.493 e. The number of hydrogen-bond donors (Lipinski definition) is 0. The van der Waals surface area contributed by atoms with Gasteiger partial charge in [0.25, 0.3) is 9.05 Å². The Kier molecular flexibility index (Phi) is 4.15. The second kappa shape index (κ2) is 5.91. The van der Waals surface area contributed by atoms with E-state index in [2.05, 4.69) is 12.1 Å². The van der Waals surface area contributed by atoms with Crippen molar-refractivity contribution in [1.82, 2.24) is 0 Å². The first-order valence-corrected chi connectivity index (χ1v) is 9.73. The first kappa shape index (κ1) is 14.8. The number of thioether (sulfide) groups is 1. The SMILES string of the molecule is O=S(=O)(Cl)c1ccc(OCC2CSc3ccccc32)cc1. The molecule has 1 aliphatic rings. The van der Waals surface area contributed by atoms with Crippen LogP contribution >= 0.6 is 22.4 Å². The smallest absolute Gasteiger partial charge is 0.261 e. The molecule has 1 unspecified atom stereocenters. The summed E-state index contributed by atoms with van der Waals surface area (Å²) in [5, 5.41) is 0. The van der Waals surface area contributed by atoms with Gasteiger partial charge in [-0.1, -0.05) is 18.2 Å². The molecule has 0 spiro atoms. The molecular formula is C15H13ClO3S2. The van der Waals surface area contributed by atoms with Crippen molar-refractivity contribution in [2.45, 2.75) is 15.7 Å². The van der Waals surface area contributed by atoms with E-state index in [1.807, 2.05) is 23.9 Å². The molecule has 0 fully saturated rings. The van der Waals surface area contributed by atoms with Crippen LogP contribution in [0.2, 0.25) is 0 Å². The molecule has 0 aromatic heterocycles. The van der Waals surface area contributed by atoms with Crippen molar-refractivity contribution in [3.63, 3.8) is 0 Å². The molecule has 1 atom stereocenters. The number of ether oxygens (including phenoxy) is 1. The molecule has 0 saturated carbocycles. The fourth-order valence-corrected chi connectivity index (χ4v) is 4.26. The van der Waals surface area contributed by atoms with Gasteiger partial charge in [-0.3, -0.25) is 0 Å². The zero-order valence-electron chi connectivity index (χ0n) is 11.0. The average Bonchev–Trinajstić information content (AvgIpc) is 2.88. The van der Waals surface area contributed by atoms with E-state index in [0.717, 1.165) is 5.75 Å². The van der Waals surface area contributed by atoms with Crippen molar-refractivity contribution in [2.24, 2.45) is 0 Å². The van der Waals surface area contributed by atoms with Crippen molar-refractivity contribution >= 4 is 31.5 Å². The fourth-order valence-electron chi connectivity index (χ4n) is 2.26. The predicted octanol–water partition coefficient (Wildman–Crippen LogP) is 3.88. The van der Waals surface area contributed by atoms with E-state index in [0.29, 0.717) is 18.3 Å². The van der Waals surface area contributed by atoms with Crippen LogP contribution in [0.25, 0.3) is 0 Å². The van der Waals surface area contributed by atoms with Crippen LogP contribution in [-0.2, 0) is 9.05 Å². The number of rotatable bonds is 4. The van der Waals surface area contributed by atoms with Crippen molar-refractivity contribution in [3.8, 4) is 5.75 Å². The molecule has 0 amide bonds. The number of fused-ring (bicyclic) bond motifs is 1. The summed E-state index contributed by atoms with van der Waals surface area (Å²) in [6, 6.07) is 14.5. The van der Waals surface area contributed by atoms with Crippen LogP contribution < -0.4 is 4.74 Å². The summed E-state index contributed by atoms with van der Waals surface area (Å²) in [6.45, 7) is 0.580. The van der Waals surface area contributed by atoms with Crippen LogP contribution in [0.5, 0.6) is 5.75 Å². The fraction of sp³-hybridized carbons (Fsp3) is 0.200. The Morgan fingerprint density at radius 1 is 1.14 bits per heavy atom. The zero-order chi connectivity index (χ0) is 14.9. The van der Waals surface area contributed by atoms with E-state index in [9.17, 15) is 8.42 Å². The molecule has 6 heteroatoms. The van der Waals surface area contributed by atoms with Crippen molar-refractivity contribution in [3.05, 3.63) is 54.1 Å². The van der Waals surface area contributed by atoms with Crippen LogP contribution in [0, 0.1) is 0 Å². The molecule has 3 nitrogen and oxygen atoms in total. The molecule has 2 aromatic rings. The lowest BCUT2D eigenvalue weighted by molar-refractivity contribution is 0.298. The second-order valence-corrected chi connectivity index (χ2v) is 8.39. The number of halogens is 1. The Morgan fingerprint density at radius 3 is 2.57 bits per heavy atom. The van der Waals surface area contributed by atoms with Crippen LogP contribution in [-0.4, -0.2) is 20.8 Å². The highest BCUT2D eigenvalue weighted by atomic mass is 35.7. The average molecular weight is 341 g/mol. The Bertz CT molecular complexity index is 742. The summed E-state index contributed by atoms with van der Waals surface area (Å²) in [6.07, 6.45) is 0. The highest BCUT2D eigenvalue weighted by Crippen LogP contribution is 2.39. The molecular weight excluding hydrogens is 328 g/mol. The molecule has 1 aliphatic heterocycles. The molecule has 0 bridgehead atoms. The van der Waals surface area contributed by atoms with E-state index < -0.39 is 9.05 Å². The molecule has 110 valence electrons. The van der Waals surface area contributed by atoms with Crippen molar-refractivity contribution < 1.29 is 13.2 Å². The van der Waals surface area contributed by atoms with Gasteiger partial charge >= 0.3 is 0 Å². The van der Waals surface area contributed by atoms with Crippen LogP contribution in [0.15, 0.2) is 58.3 Å². The summed E-state index contributed by atoms with van der Waals surface area (Å²) in [5.41, 5.74) is 1.32. The van der Waals surface area contributed by atoms with Gasteiger partial charge in [-0.15, -0.1) is 11.8 Å². The van der Waals surface area contributed by atoms with Gasteiger partial charge in [-0.05, 0) is 35.9 Å². The summed E-state index contributed by atoms with van der Waals surface area (Å²) in [5.74, 6) is 2.02. The molecule has 0 N–H and O–H groups in total. The van der Waals surface area contributed by atoms with Gasteiger partial charge in [-0.2, -0.15) is 0 Å². The van der Waals surface area contributed by atoms with Gasteiger partial charge in [0.2, 0.25) is 0 Å². The van der Waals surface area contributed by atoms with Gasteiger partial charge < -0.3 is 4.74 Å². The van der Waals surface area contributed by atoms with E-state index in [1.54, 1.807) is 12.1 Å². The minimum atomic E-state index is -3.68. The van der Waals surface area contributed by atoms with E-state index in [4.69, 9.17) is 15.4 Å². The lowest BCUT2D eigenvalue weighted by Crippen LogP contribution is -2.09. The highest BCUT2D eigenvalue weighted by Gasteiger charge is 2.23. The van der Waals surface area contributed by atoms with Crippen LogP contribution in [0.1, 0.15) is 11.5 Å².